The number of nitrogens with one attached hydrogen (secondary N) is 1. The number of para-hydroxylation sites is 1. The Morgan fingerprint density at radius 2 is 1.75 bits per heavy atom. The highest BCUT2D eigenvalue weighted by atomic mass is 16.5. The fourth-order valence-electron chi connectivity index (χ4n) is 2.67. The van der Waals surface area contributed by atoms with E-state index in [0.29, 0.717) is 5.92 Å². The minimum absolute atomic E-state index is 0.0103. The van der Waals surface area contributed by atoms with Crippen molar-refractivity contribution in [2.45, 2.75) is 40.2 Å². The van der Waals surface area contributed by atoms with E-state index in [1.165, 1.54) is 5.56 Å². The molecule has 3 heteroatoms. The van der Waals surface area contributed by atoms with Crippen molar-refractivity contribution >= 4 is 5.91 Å². The van der Waals surface area contributed by atoms with Gasteiger partial charge in [0.25, 0.3) is 5.91 Å². The smallest absolute Gasteiger partial charge is 0.258 e. The Labute approximate surface area is 145 Å². The van der Waals surface area contributed by atoms with E-state index in [9.17, 15) is 4.79 Å². The van der Waals surface area contributed by atoms with E-state index in [4.69, 9.17) is 4.74 Å². The molecule has 0 fully saturated rings. The van der Waals surface area contributed by atoms with E-state index in [-0.39, 0.29) is 18.6 Å². The van der Waals surface area contributed by atoms with Gasteiger partial charge >= 0.3 is 0 Å². The Morgan fingerprint density at radius 1 is 1.08 bits per heavy atom. The fraction of sp³-hybridized carbons (Fsp3) is 0.381. The molecule has 2 aromatic rings. The third-order valence-electron chi connectivity index (χ3n) is 4.18. The lowest BCUT2D eigenvalue weighted by Gasteiger charge is -2.23. The van der Waals surface area contributed by atoms with Crippen molar-refractivity contribution in [3.8, 4) is 5.75 Å². The van der Waals surface area contributed by atoms with Crippen molar-refractivity contribution in [1.82, 2.24) is 5.32 Å². The van der Waals surface area contributed by atoms with Crippen molar-refractivity contribution in [2.24, 2.45) is 5.92 Å². The number of benzene rings is 2. The monoisotopic (exact) mass is 325 g/mol. The van der Waals surface area contributed by atoms with E-state index in [1.54, 1.807) is 0 Å². The Kier molecular flexibility index (Phi) is 6.42. The molecule has 0 aromatic heterocycles. The maximum absolute atomic E-state index is 12.3. The molecule has 24 heavy (non-hydrogen) atoms. The van der Waals surface area contributed by atoms with Crippen molar-refractivity contribution in [2.75, 3.05) is 6.61 Å². The largest absolute Gasteiger partial charge is 0.484 e. The van der Waals surface area contributed by atoms with Crippen LogP contribution in [0.3, 0.4) is 0 Å². The Bertz CT molecular complexity index is 662. The topological polar surface area (TPSA) is 38.3 Å². The number of rotatable bonds is 7. The number of hydrogen-bond acceptors (Lipinski definition) is 2. The summed E-state index contributed by atoms with van der Waals surface area (Å²) < 4.78 is 5.64. The highest BCUT2D eigenvalue weighted by Gasteiger charge is 2.18. The maximum Gasteiger partial charge on any atom is 0.258 e. The number of hydrogen-bond donors (Lipinski definition) is 1. The third kappa shape index (κ3) is 4.85. The zero-order valence-electron chi connectivity index (χ0n) is 15.0. The van der Waals surface area contributed by atoms with E-state index < -0.39 is 0 Å². The predicted molar refractivity (Wildman–Crippen MR) is 98.2 cm³/mol. The molecule has 0 unspecified atom stereocenters. The first-order chi connectivity index (χ1) is 11.5. The summed E-state index contributed by atoms with van der Waals surface area (Å²) in [5, 5.41) is 3.10. The lowest BCUT2D eigenvalue weighted by molar-refractivity contribution is -0.124. The maximum atomic E-state index is 12.3. The molecule has 0 bridgehead atoms. The van der Waals surface area contributed by atoms with Crippen LogP contribution in [0, 0.1) is 12.8 Å². The zero-order chi connectivity index (χ0) is 17.5. The average molecular weight is 325 g/mol. The van der Waals surface area contributed by atoms with Gasteiger partial charge in [0.2, 0.25) is 0 Å². The van der Waals surface area contributed by atoms with Gasteiger partial charge in [-0.1, -0.05) is 63.2 Å². The van der Waals surface area contributed by atoms with Gasteiger partial charge in [0.1, 0.15) is 5.75 Å². The number of carbonyl (C=O) groups is 1. The molecule has 0 aliphatic carbocycles. The van der Waals surface area contributed by atoms with Gasteiger partial charge in [0.05, 0.1) is 6.04 Å². The average Bonchev–Trinajstić information content (AvgIpc) is 2.59. The second-order valence-corrected chi connectivity index (χ2v) is 6.44. The first kappa shape index (κ1) is 18.1. The molecule has 0 heterocycles. The standard InChI is InChI=1S/C21H27NO2/c1-5-17-10-12-18(13-11-17)21(15(2)3)22-20(23)14-24-19-9-7-6-8-16(19)4/h6-13,15,21H,5,14H2,1-4H3,(H,22,23)/t21-/m1/s1. The Balaban J connectivity index is 1.99. The number of amides is 1. The molecule has 0 aliphatic rings. The van der Waals surface area contributed by atoms with Gasteiger partial charge in [0, 0.05) is 0 Å². The van der Waals surface area contributed by atoms with E-state index in [2.05, 4.69) is 50.4 Å². The molecule has 0 aliphatic heterocycles. The van der Waals surface area contributed by atoms with Gasteiger partial charge < -0.3 is 10.1 Å². The van der Waals surface area contributed by atoms with Crippen molar-refractivity contribution in [3.05, 3.63) is 65.2 Å². The molecular formula is C21H27NO2. The first-order valence-electron chi connectivity index (χ1n) is 8.58. The van der Waals surface area contributed by atoms with Crippen molar-refractivity contribution in [3.63, 3.8) is 0 Å². The van der Waals surface area contributed by atoms with Crippen LogP contribution in [0.5, 0.6) is 5.75 Å². The van der Waals surface area contributed by atoms with Gasteiger partial charge in [-0.15, -0.1) is 0 Å². The van der Waals surface area contributed by atoms with Crippen LogP contribution in [0.25, 0.3) is 0 Å². The number of carbonyl (C=O) groups excluding carboxylic acids is 1. The Hall–Kier alpha value is -2.29. The molecule has 2 rings (SSSR count). The molecular weight excluding hydrogens is 298 g/mol. The molecule has 0 spiro atoms. The third-order valence-corrected chi connectivity index (χ3v) is 4.18. The van der Waals surface area contributed by atoms with Gasteiger partial charge in [0.15, 0.2) is 6.61 Å². The molecule has 1 N–H and O–H groups in total. The van der Waals surface area contributed by atoms with Crippen LogP contribution in [0.1, 0.15) is 43.5 Å². The SMILES string of the molecule is CCc1ccc([C@H](NC(=O)COc2ccccc2C)C(C)C)cc1. The molecule has 0 saturated carbocycles. The van der Waals surface area contributed by atoms with Crippen molar-refractivity contribution in [1.29, 1.82) is 0 Å². The summed E-state index contributed by atoms with van der Waals surface area (Å²) in [6.45, 7) is 8.36. The number of aryl methyl sites for hydroxylation is 2. The molecule has 128 valence electrons. The minimum Gasteiger partial charge on any atom is -0.484 e. The minimum atomic E-state index is -0.100. The quantitative estimate of drug-likeness (QED) is 0.817. The highest BCUT2D eigenvalue weighted by Crippen LogP contribution is 2.22. The van der Waals surface area contributed by atoms with E-state index >= 15 is 0 Å². The molecule has 0 radical (unpaired) electrons. The second-order valence-electron chi connectivity index (χ2n) is 6.44. The number of ether oxygens (including phenoxy) is 1. The lowest BCUT2D eigenvalue weighted by Crippen LogP contribution is -2.35. The zero-order valence-corrected chi connectivity index (χ0v) is 15.0. The summed E-state index contributed by atoms with van der Waals surface area (Å²) in [6.07, 6.45) is 1.02. The normalized spacial score (nSPS) is 12.0. The second kappa shape index (κ2) is 8.53. The van der Waals surface area contributed by atoms with Crippen LogP contribution in [0.15, 0.2) is 48.5 Å². The molecule has 2 aromatic carbocycles. The molecule has 3 nitrogen and oxygen atoms in total. The van der Waals surface area contributed by atoms with Gasteiger partial charge in [-0.25, -0.2) is 0 Å². The lowest BCUT2D eigenvalue weighted by atomic mass is 9.95. The van der Waals surface area contributed by atoms with E-state index in [1.807, 2.05) is 31.2 Å². The van der Waals surface area contributed by atoms with Crippen LogP contribution < -0.4 is 10.1 Å². The molecule has 1 atom stereocenters. The summed E-state index contributed by atoms with van der Waals surface area (Å²) in [4.78, 5) is 12.3. The summed E-state index contributed by atoms with van der Waals surface area (Å²) in [5.41, 5.74) is 3.46. The predicted octanol–water partition coefficient (Wildman–Crippen LogP) is 4.45. The van der Waals surface area contributed by atoms with E-state index in [0.717, 1.165) is 23.3 Å². The molecule has 0 saturated heterocycles. The van der Waals surface area contributed by atoms with Gasteiger partial charge in [-0.3, -0.25) is 4.79 Å². The van der Waals surface area contributed by atoms with Crippen LogP contribution in [-0.2, 0) is 11.2 Å². The van der Waals surface area contributed by atoms with Crippen LogP contribution in [0.4, 0.5) is 0 Å². The van der Waals surface area contributed by atoms with Gasteiger partial charge in [-0.2, -0.15) is 0 Å². The summed E-state index contributed by atoms with van der Waals surface area (Å²) >= 11 is 0. The fourth-order valence-corrected chi connectivity index (χ4v) is 2.67. The molecule has 1 amide bonds. The summed E-state index contributed by atoms with van der Waals surface area (Å²) in [5.74, 6) is 0.956. The summed E-state index contributed by atoms with van der Waals surface area (Å²) in [6, 6.07) is 16.2. The van der Waals surface area contributed by atoms with Crippen LogP contribution >= 0.6 is 0 Å². The van der Waals surface area contributed by atoms with Crippen molar-refractivity contribution < 1.29 is 9.53 Å². The first-order valence-corrected chi connectivity index (χ1v) is 8.58. The van der Waals surface area contributed by atoms with Gasteiger partial charge in [-0.05, 0) is 42.0 Å². The van der Waals surface area contributed by atoms with Crippen LogP contribution in [-0.4, -0.2) is 12.5 Å². The van der Waals surface area contributed by atoms with Crippen LogP contribution in [0.2, 0.25) is 0 Å². The highest BCUT2D eigenvalue weighted by molar-refractivity contribution is 5.78. The Morgan fingerprint density at radius 3 is 2.33 bits per heavy atom. The summed E-state index contributed by atoms with van der Waals surface area (Å²) in [7, 11) is 0.